The van der Waals surface area contributed by atoms with Crippen molar-refractivity contribution in [1.29, 1.82) is 0 Å². The van der Waals surface area contributed by atoms with E-state index in [-0.39, 0.29) is 18.1 Å². The smallest absolute Gasteiger partial charge is 0.228 e. The number of rotatable bonds is 3. The molecule has 0 heterocycles. The van der Waals surface area contributed by atoms with E-state index in [1.165, 1.54) is 6.07 Å². The number of hydrogen-bond acceptors (Lipinski definition) is 2. The van der Waals surface area contributed by atoms with Crippen LogP contribution in [0.3, 0.4) is 0 Å². The van der Waals surface area contributed by atoms with Crippen molar-refractivity contribution in [1.82, 2.24) is 0 Å². The lowest BCUT2D eigenvalue weighted by Crippen LogP contribution is -2.16. The van der Waals surface area contributed by atoms with Crippen LogP contribution in [-0.2, 0) is 11.2 Å². The van der Waals surface area contributed by atoms with Crippen molar-refractivity contribution in [3.05, 3.63) is 58.9 Å². The van der Waals surface area contributed by atoms with Crippen molar-refractivity contribution in [2.45, 2.75) is 20.3 Å². The highest BCUT2D eigenvalue weighted by molar-refractivity contribution is 5.93. The van der Waals surface area contributed by atoms with Gasteiger partial charge in [0.2, 0.25) is 5.91 Å². The summed E-state index contributed by atoms with van der Waals surface area (Å²) in [5.41, 5.74) is 9.39. The van der Waals surface area contributed by atoms with Crippen LogP contribution >= 0.6 is 0 Å². The number of nitrogens with two attached hydrogens (primary N) is 1. The molecule has 0 radical (unpaired) electrons. The molecule has 2 aromatic rings. The monoisotopic (exact) mass is 272 g/mol. The molecule has 0 atom stereocenters. The van der Waals surface area contributed by atoms with Gasteiger partial charge in [-0.05, 0) is 42.7 Å². The third kappa shape index (κ3) is 3.15. The number of carbonyl (C=O) groups is 1. The van der Waals surface area contributed by atoms with E-state index in [9.17, 15) is 9.18 Å². The summed E-state index contributed by atoms with van der Waals surface area (Å²) in [7, 11) is 0. The van der Waals surface area contributed by atoms with Gasteiger partial charge in [0, 0.05) is 11.4 Å². The van der Waals surface area contributed by atoms with E-state index in [1.807, 2.05) is 19.9 Å². The Kier molecular flexibility index (Phi) is 4.03. The molecule has 2 aromatic carbocycles. The first kappa shape index (κ1) is 14.1. The fourth-order valence-electron chi connectivity index (χ4n) is 2.01. The van der Waals surface area contributed by atoms with Crippen molar-refractivity contribution in [2.75, 3.05) is 11.1 Å². The lowest BCUT2D eigenvalue weighted by Gasteiger charge is -2.11. The summed E-state index contributed by atoms with van der Waals surface area (Å²) >= 11 is 0. The second-order valence-electron chi connectivity index (χ2n) is 4.84. The normalized spacial score (nSPS) is 10.3. The molecule has 0 unspecified atom stereocenters. The number of amides is 1. The van der Waals surface area contributed by atoms with Gasteiger partial charge in [-0.25, -0.2) is 4.39 Å². The van der Waals surface area contributed by atoms with Crippen LogP contribution in [0.2, 0.25) is 0 Å². The van der Waals surface area contributed by atoms with Crippen LogP contribution in [0.25, 0.3) is 0 Å². The summed E-state index contributed by atoms with van der Waals surface area (Å²) in [5, 5.41) is 2.77. The first-order chi connectivity index (χ1) is 9.47. The zero-order valence-corrected chi connectivity index (χ0v) is 11.5. The van der Waals surface area contributed by atoms with Gasteiger partial charge in [-0.3, -0.25) is 4.79 Å². The van der Waals surface area contributed by atoms with Gasteiger partial charge in [-0.15, -0.1) is 0 Å². The molecule has 0 saturated heterocycles. The molecular weight excluding hydrogens is 255 g/mol. The van der Waals surface area contributed by atoms with Gasteiger partial charge in [0.25, 0.3) is 0 Å². The standard InChI is InChI=1S/C16H17FN2O/c1-10-7-11(2)15(9-14(10)18)19-16(20)8-12-5-3-4-6-13(12)17/h3-7,9H,8,18H2,1-2H3,(H,19,20). The molecule has 0 spiro atoms. The van der Waals surface area contributed by atoms with Crippen LogP contribution in [0.4, 0.5) is 15.8 Å². The molecule has 0 aliphatic rings. The van der Waals surface area contributed by atoms with E-state index in [2.05, 4.69) is 5.32 Å². The number of nitrogen functional groups attached to an aromatic ring is 1. The largest absolute Gasteiger partial charge is 0.398 e. The molecule has 1 amide bonds. The Labute approximate surface area is 117 Å². The molecule has 0 aliphatic carbocycles. The summed E-state index contributed by atoms with van der Waals surface area (Å²) in [6.07, 6.45) is -0.000105. The van der Waals surface area contributed by atoms with E-state index in [4.69, 9.17) is 5.73 Å². The van der Waals surface area contributed by atoms with Crippen molar-refractivity contribution < 1.29 is 9.18 Å². The first-order valence-corrected chi connectivity index (χ1v) is 6.37. The van der Waals surface area contributed by atoms with Gasteiger partial charge in [0.05, 0.1) is 6.42 Å². The summed E-state index contributed by atoms with van der Waals surface area (Å²) in [4.78, 5) is 12.0. The average Bonchev–Trinajstić information content (AvgIpc) is 2.39. The molecule has 4 heteroatoms. The molecular formula is C16H17FN2O. The molecule has 3 N–H and O–H groups in total. The minimum atomic E-state index is -0.372. The Balaban J connectivity index is 2.13. The minimum Gasteiger partial charge on any atom is -0.398 e. The predicted molar refractivity (Wildman–Crippen MR) is 79.1 cm³/mol. The predicted octanol–water partition coefficient (Wildman–Crippen LogP) is 3.21. The number of carbonyl (C=O) groups excluding carboxylic acids is 1. The number of hydrogen-bond donors (Lipinski definition) is 2. The quantitative estimate of drug-likeness (QED) is 0.843. The minimum absolute atomic E-state index is 0.000105. The van der Waals surface area contributed by atoms with Crippen LogP contribution in [0, 0.1) is 19.7 Å². The number of aryl methyl sites for hydroxylation is 2. The Hall–Kier alpha value is -2.36. The van der Waals surface area contributed by atoms with E-state index < -0.39 is 0 Å². The summed E-state index contributed by atoms with van der Waals surface area (Å²) in [6.45, 7) is 3.80. The molecule has 2 rings (SSSR count). The van der Waals surface area contributed by atoms with Crippen molar-refractivity contribution in [3.63, 3.8) is 0 Å². The van der Waals surface area contributed by atoms with E-state index >= 15 is 0 Å². The maximum atomic E-state index is 13.5. The lowest BCUT2D eigenvalue weighted by atomic mass is 10.1. The third-order valence-electron chi connectivity index (χ3n) is 3.20. The van der Waals surface area contributed by atoms with Gasteiger partial charge in [0.1, 0.15) is 5.82 Å². The van der Waals surface area contributed by atoms with Gasteiger partial charge >= 0.3 is 0 Å². The highest BCUT2D eigenvalue weighted by Gasteiger charge is 2.10. The fourth-order valence-corrected chi connectivity index (χ4v) is 2.01. The van der Waals surface area contributed by atoms with Crippen LogP contribution in [0.5, 0.6) is 0 Å². The fraction of sp³-hybridized carbons (Fsp3) is 0.188. The number of anilines is 2. The zero-order chi connectivity index (χ0) is 14.7. The second kappa shape index (κ2) is 5.74. The second-order valence-corrected chi connectivity index (χ2v) is 4.84. The zero-order valence-electron chi connectivity index (χ0n) is 11.5. The van der Waals surface area contributed by atoms with Gasteiger partial charge in [0.15, 0.2) is 0 Å². The number of nitrogens with one attached hydrogen (secondary N) is 1. The SMILES string of the molecule is Cc1cc(C)c(NC(=O)Cc2ccccc2F)cc1N. The van der Waals surface area contributed by atoms with Crippen LogP contribution < -0.4 is 11.1 Å². The molecule has 104 valence electrons. The van der Waals surface area contributed by atoms with Gasteiger partial charge in [-0.2, -0.15) is 0 Å². The molecule has 0 saturated carbocycles. The van der Waals surface area contributed by atoms with Crippen LogP contribution in [-0.4, -0.2) is 5.91 Å². The lowest BCUT2D eigenvalue weighted by molar-refractivity contribution is -0.115. The van der Waals surface area contributed by atoms with Gasteiger partial charge < -0.3 is 11.1 Å². The summed E-state index contributed by atoms with van der Waals surface area (Å²) in [5.74, 6) is -0.635. The Morgan fingerprint density at radius 3 is 2.60 bits per heavy atom. The van der Waals surface area contributed by atoms with E-state index in [0.717, 1.165) is 11.1 Å². The highest BCUT2D eigenvalue weighted by Crippen LogP contribution is 2.22. The molecule has 0 aromatic heterocycles. The molecule has 0 fully saturated rings. The first-order valence-electron chi connectivity index (χ1n) is 6.37. The van der Waals surface area contributed by atoms with Gasteiger partial charge in [-0.1, -0.05) is 24.3 Å². The van der Waals surface area contributed by atoms with Crippen molar-refractivity contribution in [3.8, 4) is 0 Å². The number of halogens is 1. The van der Waals surface area contributed by atoms with E-state index in [1.54, 1.807) is 24.3 Å². The maximum absolute atomic E-state index is 13.5. The summed E-state index contributed by atoms with van der Waals surface area (Å²) < 4.78 is 13.5. The average molecular weight is 272 g/mol. The van der Waals surface area contributed by atoms with Crippen molar-refractivity contribution in [2.24, 2.45) is 0 Å². The summed E-state index contributed by atoms with van der Waals surface area (Å²) in [6, 6.07) is 9.89. The van der Waals surface area contributed by atoms with Crippen LogP contribution in [0.1, 0.15) is 16.7 Å². The maximum Gasteiger partial charge on any atom is 0.228 e. The van der Waals surface area contributed by atoms with E-state index in [0.29, 0.717) is 16.9 Å². The van der Waals surface area contributed by atoms with Crippen molar-refractivity contribution >= 4 is 17.3 Å². The molecule has 20 heavy (non-hydrogen) atoms. The Morgan fingerprint density at radius 2 is 1.90 bits per heavy atom. The Morgan fingerprint density at radius 1 is 1.20 bits per heavy atom. The molecule has 0 bridgehead atoms. The molecule has 0 aliphatic heterocycles. The third-order valence-corrected chi connectivity index (χ3v) is 3.20. The number of benzene rings is 2. The highest BCUT2D eigenvalue weighted by atomic mass is 19.1. The topological polar surface area (TPSA) is 55.1 Å². The Bertz CT molecular complexity index is 653. The van der Waals surface area contributed by atoms with Crippen LogP contribution in [0.15, 0.2) is 36.4 Å². The molecule has 3 nitrogen and oxygen atoms in total.